The van der Waals surface area contributed by atoms with Crippen molar-refractivity contribution in [2.45, 2.75) is 12.8 Å². The molecule has 1 aromatic heterocycles. The molecule has 0 atom stereocenters. The summed E-state index contributed by atoms with van der Waals surface area (Å²) >= 11 is 5.52. The molecule has 1 aromatic rings. The molecule has 1 heterocycles. The van der Waals surface area contributed by atoms with E-state index < -0.39 is 12.8 Å². The number of halogens is 4. The first kappa shape index (κ1) is 11.3. The zero-order chi connectivity index (χ0) is 10.6. The molecule has 2 nitrogen and oxygen atoms in total. The molecule has 6 heteroatoms. The van der Waals surface area contributed by atoms with Gasteiger partial charge in [0, 0.05) is 0 Å². The Hall–Kier alpha value is -0.810. The third-order valence-corrected chi connectivity index (χ3v) is 1.50. The minimum Gasteiger partial charge on any atom is -0.366 e. The van der Waals surface area contributed by atoms with Gasteiger partial charge >= 0.3 is 6.18 Å². The van der Waals surface area contributed by atoms with Gasteiger partial charge in [-0.1, -0.05) is 17.7 Å². The van der Waals surface area contributed by atoms with Crippen molar-refractivity contribution < 1.29 is 17.9 Å². The molecule has 0 saturated heterocycles. The molecule has 78 valence electrons. The fraction of sp³-hybridized carbons (Fsp3) is 0.375. The first-order valence-electron chi connectivity index (χ1n) is 3.73. The Morgan fingerprint density at radius 3 is 2.64 bits per heavy atom. The van der Waals surface area contributed by atoms with Gasteiger partial charge in [0.15, 0.2) is 0 Å². The molecule has 0 amide bonds. The van der Waals surface area contributed by atoms with Crippen LogP contribution in [0.4, 0.5) is 13.2 Å². The fourth-order valence-electron chi connectivity index (χ4n) is 0.802. The lowest BCUT2D eigenvalue weighted by atomic mass is 10.4. The maximum atomic E-state index is 11.7. The van der Waals surface area contributed by atoms with E-state index in [-0.39, 0.29) is 11.8 Å². The van der Waals surface area contributed by atoms with Crippen molar-refractivity contribution >= 4 is 11.6 Å². The molecule has 0 bridgehead atoms. The highest BCUT2D eigenvalue weighted by Gasteiger charge is 2.27. The van der Waals surface area contributed by atoms with Crippen LogP contribution in [-0.2, 0) is 11.3 Å². The highest BCUT2D eigenvalue weighted by molar-refractivity contribution is 6.29. The predicted molar refractivity (Wildman–Crippen MR) is 45.0 cm³/mol. The summed E-state index contributed by atoms with van der Waals surface area (Å²) in [7, 11) is 0. The van der Waals surface area contributed by atoms with Gasteiger partial charge in [-0.25, -0.2) is 4.98 Å². The quantitative estimate of drug-likeness (QED) is 0.738. The molecule has 0 N–H and O–H groups in total. The van der Waals surface area contributed by atoms with E-state index in [0.29, 0.717) is 5.69 Å². The summed E-state index contributed by atoms with van der Waals surface area (Å²) in [5, 5.41) is 0.234. The minimum absolute atomic E-state index is 0.194. The van der Waals surface area contributed by atoms with E-state index in [1.54, 1.807) is 12.1 Å². The zero-order valence-electron chi connectivity index (χ0n) is 7.01. The Bertz CT molecular complexity index is 303. The average Bonchev–Trinajstić information content (AvgIpc) is 2.01. The summed E-state index contributed by atoms with van der Waals surface area (Å²) in [6, 6.07) is 4.68. The van der Waals surface area contributed by atoms with E-state index in [1.165, 1.54) is 6.07 Å². The van der Waals surface area contributed by atoms with Crippen LogP contribution in [0.3, 0.4) is 0 Å². The van der Waals surface area contributed by atoms with Gasteiger partial charge in [-0.2, -0.15) is 13.2 Å². The predicted octanol–water partition coefficient (Wildman–Crippen LogP) is 2.81. The molecule has 14 heavy (non-hydrogen) atoms. The van der Waals surface area contributed by atoms with Crippen LogP contribution in [0.15, 0.2) is 18.2 Å². The van der Waals surface area contributed by atoms with Gasteiger partial charge in [0.25, 0.3) is 0 Å². The molecule has 0 aliphatic carbocycles. The van der Waals surface area contributed by atoms with E-state index in [4.69, 9.17) is 11.6 Å². The van der Waals surface area contributed by atoms with Crippen LogP contribution in [0.5, 0.6) is 0 Å². The third kappa shape index (κ3) is 4.43. The van der Waals surface area contributed by atoms with E-state index in [0.717, 1.165) is 0 Å². The van der Waals surface area contributed by atoms with E-state index in [1.807, 2.05) is 0 Å². The second kappa shape index (κ2) is 4.61. The Balaban J connectivity index is 2.39. The van der Waals surface area contributed by atoms with Crippen molar-refractivity contribution in [1.82, 2.24) is 4.98 Å². The van der Waals surface area contributed by atoms with Gasteiger partial charge in [0.1, 0.15) is 11.8 Å². The summed E-state index contributed by atoms with van der Waals surface area (Å²) in [5.41, 5.74) is 0.377. The number of hydrogen-bond donors (Lipinski definition) is 0. The van der Waals surface area contributed by atoms with Crippen LogP contribution in [0.1, 0.15) is 5.69 Å². The van der Waals surface area contributed by atoms with Crippen LogP contribution >= 0.6 is 11.6 Å². The van der Waals surface area contributed by atoms with Gasteiger partial charge in [0.05, 0.1) is 12.3 Å². The number of pyridine rings is 1. The highest BCUT2D eigenvalue weighted by atomic mass is 35.5. The lowest BCUT2D eigenvalue weighted by Gasteiger charge is -2.06. The van der Waals surface area contributed by atoms with E-state index in [9.17, 15) is 13.2 Å². The van der Waals surface area contributed by atoms with Crippen molar-refractivity contribution in [1.29, 1.82) is 0 Å². The highest BCUT2D eigenvalue weighted by Crippen LogP contribution is 2.15. The van der Waals surface area contributed by atoms with Crippen LogP contribution in [0.25, 0.3) is 0 Å². The monoisotopic (exact) mass is 225 g/mol. The molecular formula is C8H7ClF3NO. The van der Waals surface area contributed by atoms with Crippen LogP contribution in [0.2, 0.25) is 5.15 Å². The topological polar surface area (TPSA) is 22.1 Å². The Morgan fingerprint density at radius 1 is 1.36 bits per heavy atom. The second-order valence-corrected chi connectivity index (χ2v) is 2.95. The lowest BCUT2D eigenvalue weighted by molar-refractivity contribution is -0.176. The molecule has 0 saturated carbocycles. The zero-order valence-corrected chi connectivity index (χ0v) is 7.77. The van der Waals surface area contributed by atoms with E-state index >= 15 is 0 Å². The van der Waals surface area contributed by atoms with Gasteiger partial charge in [-0.05, 0) is 12.1 Å². The minimum atomic E-state index is -4.31. The van der Waals surface area contributed by atoms with Crippen molar-refractivity contribution in [2.75, 3.05) is 6.61 Å². The normalized spacial score (nSPS) is 11.7. The maximum Gasteiger partial charge on any atom is 0.411 e. The number of aromatic nitrogens is 1. The van der Waals surface area contributed by atoms with Crippen molar-refractivity contribution in [3.05, 3.63) is 29.0 Å². The SMILES string of the molecule is FC(F)(F)COCc1cccc(Cl)n1. The lowest BCUT2D eigenvalue weighted by Crippen LogP contribution is -2.16. The largest absolute Gasteiger partial charge is 0.411 e. The maximum absolute atomic E-state index is 11.7. The van der Waals surface area contributed by atoms with Crippen LogP contribution < -0.4 is 0 Å². The van der Waals surface area contributed by atoms with Crippen LogP contribution in [0, 0.1) is 0 Å². The standard InChI is InChI=1S/C8H7ClF3NO/c9-7-3-1-2-6(13-7)4-14-5-8(10,11)12/h1-3H,4-5H2. The first-order valence-corrected chi connectivity index (χ1v) is 4.11. The summed E-state index contributed by atoms with van der Waals surface area (Å²) in [5.74, 6) is 0. The number of hydrogen-bond acceptors (Lipinski definition) is 2. The second-order valence-electron chi connectivity index (χ2n) is 2.56. The number of rotatable bonds is 3. The molecule has 0 aliphatic heterocycles. The average molecular weight is 226 g/mol. The van der Waals surface area contributed by atoms with Crippen molar-refractivity contribution in [2.24, 2.45) is 0 Å². The van der Waals surface area contributed by atoms with Crippen LogP contribution in [-0.4, -0.2) is 17.8 Å². The molecule has 0 fully saturated rings. The number of nitrogens with zero attached hydrogens (tertiary/aromatic N) is 1. The van der Waals surface area contributed by atoms with Gasteiger partial charge < -0.3 is 4.74 Å². The first-order chi connectivity index (χ1) is 6.47. The van der Waals surface area contributed by atoms with Crippen molar-refractivity contribution in [3.8, 4) is 0 Å². The smallest absolute Gasteiger partial charge is 0.366 e. The third-order valence-electron chi connectivity index (χ3n) is 1.29. The molecule has 0 radical (unpaired) electrons. The molecule has 0 unspecified atom stereocenters. The molecule has 0 spiro atoms. The molecule has 0 aliphatic rings. The summed E-state index contributed by atoms with van der Waals surface area (Å²) < 4.78 is 39.4. The fourth-order valence-corrected chi connectivity index (χ4v) is 0.983. The molecule has 1 rings (SSSR count). The van der Waals surface area contributed by atoms with Crippen molar-refractivity contribution in [3.63, 3.8) is 0 Å². The van der Waals surface area contributed by atoms with E-state index in [2.05, 4.69) is 9.72 Å². The number of alkyl halides is 3. The molecule has 0 aromatic carbocycles. The Morgan fingerprint density at radius 2 is 2.07 bits per heavy atom. The summed E-state index contributed by atoms with van der Waals surface area (Å²) in [6.07, 6.45) is -4.31. The van der Waals surface area contributed by atoms with Gasteiger partial charge in [-0.3, -0.25) is 0 Å². The summed E-state index contributed by atoms with van der Waals surface area (Å²) in [4.78, 5) is 3.77. The Kier molecular flexibility index (Phi) is 3.71. The summed E-state index contributed by atoms with van der Waals surface area (Å²) in [6.45, 7) is -1.47. The number of ether oxygens (including phenoxy) is 1. The molecular weight excluding hydrogens is 219 g/mol. The van der Waals surface area contributed by atoms with Gasteiger partial charge in [-0.15, -0.1) is 0 Å². The Labute approximate surface area is 83.7 Å². The van der Waals surface area contributed by atoms with Gasteiger partial charge in [0.2, 0.25) is 0 Å².